The van der Waals surface area contributed by atoms with Gasteiger partial charge in [-0.2, -0.15) is 0 Å². The van der Waals surface area contributed by atoms with Crippen LogP contribution >= 0.6 is 11.6 Å². The number of aromatic nitrogens is 1. The number of anilines is 3. The minimum atomic E-state index is -0.147. The third kappa shape index (κ3) is 7.10. The summed E-state index contributed by atoms with van der Waals surface area (Å²) in [6.45, 7) is 5.80. The number of carbonyl (C=O) groups is 1. The van der Waals surface area contributed by atoms with Crippen molar-refractivity contribution in [2.24, 2.45) is 0 Å². The maximum atomic E-state index is 12.2. The number of piperazine rings is 1. The van der Waals surface area contributed by atoms with E-state index in [1.165, 1.54) is 5.69 Å². The molecule has 2 aromatic carbocycles. The van der Waals surface area contributed by atoms with E-state index in [9.17, 15) is 4.79 Å². The molecule has 1 fully saturated rings. The van der Waals surface area contributed by atoms with Gasteiger partial charge in [-0.15, -0.1) is 0 Å². The molecule has 0 radical (unpaired) electrons. The molecule has 172 valence electrons. The number of nitrogens with zero attached hydrogens (tertiary/aromatic N) is 3. The number of halogens is 1. The molecular weight excluding hydrogens is 436 g/mol. The summed E-state index contributed by atoms with van der Waals surface area (Å²) in [4.78, 5) is 20.9. The van der Waals surface area contributed by atoms with E-state index in [1.807, 2.05) is 54.6 Å². The first-order valence-electron chi connectivity index (χ1n) is 11.2. The van der Waals surface area contributed by atoms with Crippen molar-refractivity contribution in [1.82, 2.24) is 20.5 Å². The lowest BCUT2D eigenvalue weighted by Gasteiger charge is -2.36. The number of hydrogen-bond donors (Lipinski definition) is 3. The number of rotatable bonds is 8. The number of pyridine rings is 1. The molecule has 3 aromatic rings. The fourth-order valence-electron chi connectivity index (χ4n) is 3.78. The summed E-state index contributed by atoms with van der Waals surface area (Å²) in [6.07, 6.45) is 3.50. The third-order valence-electron chi connectivity index (χ3n) is 5.64. The quantitative estimate of drug-likeness (QED) is 0.468. The van der Waals surface area contributed by atoms with E-state index in [-0.39, 0.29) is 6.03 Å². The van der Waals surface area contributed by atoms with Crippen LogP contribution in [0.15, 0.2) is 73.1 Å². The van der Waals surface area contributed by atoms with Crippen LogP contribution in [0, 0.1) is 0 Å². The van der Waals surface area contributed by atoms with Gasteiger partial charge >= 0.3 is 6.03 Å². The smallest absolute Gasteiger partial charge is 0.315 e. The van der Waals surface area contributed by atoms with Crippen LogP contribution in [0.3, 0.4) is 0 Å². The molecule has 0 unspecified atom stereocenters. The Labute approximate surface area is 199 Å². The summed E-state index contributed by atoms with van der Waals surface area (Å²) in [5.74, 6) is 0. The predicted octanol–water partition coefficient (Wildman–Crippen LogP) is 4.10. The topological polar surface area (TPSA) is 72.5 Å². The van der Waals surface area contributed by atoms with Crippen LogP contribution in [0.2, 0.25) is 5.02 Å². The molecule has 8 heteroatoms. The summed E-state index contributed by atoms with van der Waals surface area (Å²) in [7, 11) is 0. The van der Waals surface area contributed by atoms with Gasteiger partial charge in [0.05, 0.1) is 0 Å². The molecule has 3 N–H and O–H groups in total. The maximum Gasteiger partial charge on any atom is 0.315 e. The standard InChI is InChI=1S/C25H29ClN6O/c26-21-2-1-3-24(18-21)32-16-14-31(15-17-32)13-12-28-25(33)29-19-20-4-6-22(7-5-20)30-23-8-10-27-11-9-23/h1-11,18H,12-17,19H2,(H,27,30)(H2,28,29,33). The third-order valence-corrected chi connectivity index (χ3v) is 5.87. The first-order valence-corrected chi connectivity index (χ1v) is 11.5. The minimum Gasteiger partial charge on any atom is -0.369 e. The van der Waals surface area contributed by atoms with Gasteiger partial charge in [-0.05, 0) is 48.0 Å². The Balaban J connectivity index is 1.11. The molecule has 33 heavy (non-hydrogen) atoms. The van der Waals surface area contributed by atoms with E-state index in [0.717, 1.165) is 54.7 Å². The number of hydrogen-bond acceptors (Lipinski definition) is 5. The van der Waals surface area contributed by atoms with Crippen LogP contribution in [0.5, 0.6) is 0 Å². The zero-order valence-corrected chi connectivity index (χ0v) is 19.3. The van der Waals surface area contributed by atoms with Crippen LogP contribution in [0.25, 0.3) is 0 Å². The van der Waals surface area contributed by atoms with Crippen LogP contribution in [0.4, 0.5) is 21.9 Å². The lowest BCUT2D eigenvalue weighted by molar-refractivity contribution is 0.231. The van der Waals surface area contributed by atoms with Crippen LogP contribution in [-0.2, 0) is 6.54 Å². The largest absolute Gasteiger partial charge is 0.369 e. The first kappa shape index (κ1) is 22.9. The lowest BCUT2D eigenvalue weighted by atomic mass is 10.2. The van der Waals surface area contributed by atoms with Crippen molar-refractivity contribution in [3.8, 4) is 0 Å². The monoisotopic (exact) mass is 464 g/mol. The molecular formula is C25H29ClN6O. The average Bonchev–Trinajstić information content (AvgIpc) is 2.85. The molecule has 4 rings (SSSR count). The van der Waals surface area contributed by atoms with Gasteiger partial charge in [-0.25, -0.2) is 4.79 Å². The van der Waals surface area contributed by atoms with Crippen LogP contribution in [0.1, 0.15) is 5.56 Å². The Morgan fingerprint density at radius 3 is 2.36 bits per heavy atom. The van der Waals surface area contributed by atoms with E-state index in [2.05, 4.69) is 36.8 Å². The summed E-state index contributed by atoms with van der Waals surface area (Å²) in [5, 5.41) is 9.96. The van der Waals surface area contributed by atoms with E-state index in [1.54, 1.807) is 12.4 Å². The van der Waals surface area contributed by atoms with Crippen molar-refractivity contribution in [2.75, 3.05) is 49.5 Å². The highest BCUT2D eigenvalue weighted by Crippen LogP contribution is 2.20. The van der Waals surface area contributed by atoms with Gasteiger partial charge in [-0.3, -0.25) is 9.88 Å². The maximum absolute atomic E-state index is 12.2. The van der Waals surface area contributed by atoms with E-state index in [4.69, 9.17) is 11.6 Å². The number of urea groups is 1. The molecule has 1 aromatic heterocycles. The van der Waals surface area contributed by atoms with Crippen molar-refractivity contribution in [3.63, 3.8) is 0 Å². The Morgan fingerprint density at radius 2 is 1.64 bits per heavy atom. The average molecular weight is 465 g/mol. The van der Waals surface area contributed by atoms with E-state index < -0.39 is 0 Å². The Hall–Kier alpha value is -3.29. The molecule has 0 spiro atoms. The lowest BCUT2D eigenvalue weighted by Crippen LogP contribution is -2.49. The van der Waals surface area contributed by atoms with Crippen molar-refractivity contribution in [2.45, 2.75) is 6.54 Å². The molecule has 1 aliphatic heterocycles. The second-order valence-electron chi connectivity index (χ2n) is 7.98. The highest BCUT2D eigenvalue weighted by atomic mass is 35.5. The number of benzene rings is 2. The van der Waals surface area contributed by atoms with Crippen LogP contribution < -0.4 is 20.9 Å². The second-order valence-corrected chi connectivity index (χ2v) is 8.41. The van der Waals surface area contributed by atoms with Crippen molar-refractivity contribution in [3.05, 3.63) is 83.6 Å². The molecule has 0 atom stereocenters. The highest BCUT2D eigenvalue weighted by molar-refractivity contribution is 6.30. The van der Waals surface area contributed by atoms with Crippen molar-refractivity contribution < 1.29 is 4.79 Å². The molecule has 1 saturated heterocycles. The Kier molecular flexibility index (Phi) is 8.00. The van der Waals surface area contributed by atoms with Crippen LogP contribution in [-0.4, -0.2) is 55.2 Å². The Morgan fingerprint density at radius 1 is 0.909 bits per heavy atom. The fourth-order valence-corrected chi connectivity index (χ4v) is 3.97. The highest BCUT2D eigenvalue weighted by Gasteiger charge is 2.17. The van der Waals surface area contributed by atoms with Crippen molar-refractivity contribution >= 4 is 34.7 Å². The predicted molar refractivity (Wildman–Crippen MR) is 134 cm³/mol. The Bertz CT molecular complexity index is 1020. The van der Waals surface area contributed by atoms with Gasteiger partial charge in [-0.1, -0.05) is 29.8 Å². The van der Waals surface area contributed by atoms with Gasteiger partial charge < -0.3 is 20.9 Å². The van der Waals surface area contributed by atoms with Gasteiger partial charge in [0, 0.05) is 80.3 Å². The molecule has 0 aliphatic carbocycles. The van der Waals surface area contributed by atoms with Gasteiger partial charge in [0.15, 0.2) is 0 Å². The summed E-state index contributed by atoms with van der Waals surface area (Å²) in [6, 6.07) is 19.7. The summed E-state index contributed by atoms with van der Waals surface area (Å²) in [5.41, 5.74) is 4.19. The zero-order valence-electron chi connectivity index (χ0n) is 18.5. The van der Waals surface area contributed by atoms with Gasteiger partial charge in [0.1, 0.15) is 0 Å². The summed E-state index contributed by atoms with van der Waals surface area (Å²) >= 11 is 6.10. The molecule has 1 aliphatic rings. The normalized spacial score (nSPS) is 14.0. The zero-order chi connectivity index (χ0) is 22.9. The first-order chi connectivity index (χ1) is 16.2. The minimum absolute atomic E-state index is 0.147. The molecule has 0 saturated carbocycles. The van der Waals surface area contributed by atoms with Crippen molar-refractivity contribution in [1.29, 1.82) is 0 Å². The summed E-state index contributed by atoms with van der Waals surface area (Å²) < 4.78 is 0. The van der Waals surface area contributed by atoms with E-state index in [0.29, 0.717) is 13.1 Å². The number of carbonyl (C=O) groups excluding carboxylic acids is 1. The van der Waals surface area contributed by atoms with E-state index >= 15 is 0 Å². The van der Waals surface area contributed by atoms with Gasteiger partial charge in [0.25, 0.3) is 0 Å². The molecule has 7 nitrogen and oxygen atoms in total. The molecule has 2 amide bonds. The van der Waals surface area contributed by atoms with Gasteiger partial charge in [0.2, 0.25) is 0 Å². The second kappa shape index (κ2) is 11.5. The molecule has 2 heterocycles. The molecule has 0 bridgehead atoms. The number of nitrogens with one attached hydrogen (secondary N) is 3. The SMILES string of the molecule is O=C(NCCN1CCN(c2cccc(Cl)c2)CC1)NCc1ccc(Nc2ccncc2)cc1. The fraction of sp³-hybridized carbons (Fsp3) is 0.280. The number of amides is 2.